The van der Waals surface area contributed by atoms with Crippen LogP contribution in [-0.4, -0.2) is 0 Å². The van der Waals surface area contributed by atoms with Gasteiger partial charge in [-0.05, 0) is 11.1 Å². The molecule has 2 bridgehead atoms. The van der Waals surface area contributed by atoms with Crippen LogP contribution in [0.3, 0.4) is 0 Å². The van der Waals surface area contributed by atoms with Crippen molar-refractivity contribution in [2.75, 3.05) is 0 Å². The minimum atomic E-state index is 0.434. The van der Waals surface area contributed by atoms with Gasteiger partial charge in [0.15, 0.2) is 0 Å². The maximum absolute atomic E-state index is 2.36. The zero-order valence-corrected chi connectivity index (χ0v) is 9.08. The fourth-order valence-electron chi connectivity index (χ4n) is 2.31. The molecule has 78 valence electrons. The lowest BCUT2D eigenvalue weighted by Gasteiger charge is -2.22. The van der Waals surface area contributed by atoms with E-state index < -0.39 is 0 Å². The highest BCUT2D eigenvalue weighted by Gasteiger charge is 2.16. The van der Waals surface area contributed by atoms with E-state index in [9.17, 15) is 0 Å². The summed E-state index contributed by atoms with van der Waals surface area (Å²) in [5, 5.41) is 0. The molecule has 0 N–H and O–H groups in total. The Bertz CT molecular complexity index is 486. The van der Waals surface area contributed by atoms with E-state index in [0.717, 1.165) is 0 Å². The summed E-state index contributed by atoms with van der Waals surface area (Å²) in [6.45, 7) is 0. The van der Waals surface area contributed by atoms with Crippen LogP contribution in [0.1, 0.15) is 5.56 Å². The number of fused-ring (bicyclic) bond motifs is 1. The van der Waals surface area contributed by atoms with E-state index in [1.807, 2.05) is 0 Å². The van der Waals surface area contributed by atoms with Gasteiger partial charge in [-0.2, -0.15) is 0 Å². The third-order valence-corrected chi connectivity index (χ3v) is 3.14. The third kappa shape index (κ3) is 1.67. The predicted molar refractivity (Wildman–Crippen MR) is 68.8 cm³/mol. The van der Waals surface area contributed by atoms with Crippen molar-refractivity contribution in [3.05, 3.63) is 78.4 Å². The van der Waals surface area contributed by atoms with Gasteiger partial charge >= 0.3 is 0 Å². The van der Waals surface area contributed by atoms with Crippen LogP contribution in [-0.2, 0) is 0 Å². The number of allylic oxidation sites excluding steroid dienone is 8. The van der Waals surface area contributed by atoms with E-state index in [2.05, 4.69) is 72.9 Å². The summed E-state index contributed by atoms with van der Waals surface area (Å²) in [6.07, 6.45) is 15.7. The first-order valence-corrected chi connectivity index (χ1v) is 5.74. The Labute approximate surface area is 96.3 Å². The summed E-state index contributed by atoms with van der Waals surface area (Å²) in [4.78, 5) is 0. The molecule has 0 radical (unpaired) electrons. The van der Waals surface area contributed by atoms with Crippen molar-refractivity contribution in [3.63, 3.8) is 0 Å². The van der Waals surface area contributed by atoms with E-state index in [0.29, 0.717) is 11.8 Å². The minimum Gasteiger partial charge on any atom is -0.0769 e. The van der Waals surface area contributed by atoms with Crippen molar-refractivity contribution < 1.29 is 0 Å². The molecule has 16 heavy (non-hydrogen) atoms. The number of hydrogen-bond donors (Lipinski definition) is 0. The molecule has 0 heterocycles. The normalized spacial score (nSPS) is 30.4. The van der Waals surface area contributed by atoms with E-state index in [-0.39, 0.29) is 0 Å². The van der Waals surface area contributed by atoms with Gasteiger partial charge < -0.3 is 0 Å². The zero-order chi connectivity index (χ0) is 10.8. The van der Waals surface area contributed by atoms with Crippen LogP contribution >= 0.6 is 0 Å². The fourth-order valence-corrected chi connectivity index (χ4v) is 2.31. The van der Waals surface area contributed by atoms with Crippen molar-refractivity contribution in [3.8, 4) is 0 Å². The van der Waals surface area contributed by atoms with Gasteiger partial charge in [-0.15, -0.1) is 0 Å². The maximum Gasteiger partial charge on any atom is 0.0205 e. The molecule has 0 saturated heterocycles. The first-order valence-electron chi connectivity index (χ1n) is 5.74. The van der Waals surface area contributed by atoms with Gasteiger partial charge in [0, 0.05) is 11.8 Å². The van der Waals surface area contributed by atoms with Gasteiger partial charge in [-0.1, -0.05) is 72.9 Å². The van der Waals surface area contributed by atoms with Crippen molar-refractivity contribution in [1.82, 2.24) is 0 Å². The van der Waals surface area contributed by atoms with Crippen molar-refractivity contribution in [1.29, 1.82) is 0 Å². The van der Waals surface area contributed by atoms with Crippen molar-refractivity contribution in [2.24, 2.45) is 11.8 Å². The van der Waals surface area contributed by atoms with Gasteiger partial charge in [-0.25, -0.2) is 0 Å². The topological polar surface area (TPSA) is 0 Å². The van der Waals surface area contributed by atoms with E-state index in [1.165, 1.54) is 11.1 Å². The Morgan fingerprint density at radius 1 is 0.750 bits per heavy atom. The van der Waals surface area contributed by atoms with Crippen LogP contribution in [0.15, 0.2) is 72.9 Å². The fraction of sp³-hybridized carbons (Fsp3) is 0.125. The number of benzene rings is 1. The second-order valence-corrected chi connectivity index (χ2v) is 4.25. The summed E-state index contributed by atoms with van der Waals surface area (Å²) in [7, 11) is 0. The molecule has 3 aliphatic rings. The Balaban J connectivity index is 2.07. The van der Waals surface area contributed by atoms with E-state index in [1.54, 1.807) is 0 Å². The molecular weight excluding hydrogens is 192 g/mol. The highest BCUT2D eigenvalue weighted by atomic mass is 14.2. The first-order chi connectivity index (χ1) is 7.93. The van der Waals surface area contributed by atoms with Gasteiger partial charge in [0.2, 0.25) is 0 Å². The number of hydrogen-bond acceptors (Lipinski definition) is 0. The summed E-state index contributed by atoms with van der Waals surface area (Å²) in [5.41, 5.74) is 2.76. The minimum absolute atomic E-state index is 0.434. The van der Waals surface area contributed by atoms with Gasteiger partial charge in [-0.3, -0.25) is 0 Å². The number of rotatable bonds is 1. The average Bonchev–Trinajstić information content (AvgIpc) is 2.30. The monoisotopic (exact) mass is 206 g/mol. The van der Waals surface area contributed by atoms with E-state index >= 15 is 0 Å². The molecule has 1 aromatic carbocycles. The summed E-state index contributed by atoms with van der Waals surface area (Å²) >= 11 is 0. The SMILES string of the molecule is C1=C[C@H]2/C=C\C=C/[C@@H]1C=C2c1ccccc1. The van der Waals surface area contributed by atoms with Crippen LogP contribution in [0.25, 0.3) is 5.57 Å². The molecule has 1 aromatic rings. The molecule has 0 spiro atoms. The highest BCUT2D eigenvalue weighted by molar-refractivity contribution is 5.72. The lowest BCUT2D eigenvalue weighted by molar-refractivity contribution is 0.948. The summed E-state index contributed by atoms with van der Waals surface area (Å²) < 4.78 is 0. The van der Waals surface area contributed by atoms with Gasteiger partial charge in [0.25, 0.3) is 0 Å². The molecule has 0 saturated carbocycles. The second-order valence-electron chi connectivity index (χ2n) is 4.25. The second kappa shape index (κ2) is 3.97. The van der Waals surface area contributed by atoms with Crippen molar-refractivity contribution in [2.45, 2.75) is 0 Å². The molecule has 0 nitrogen and oxygen atoms in total. The molecule has 0 amide bonds. The molecule has 0 heteroatoms. The molecule has 0 aromatic heterocycles. The van der Waals surface area contributed by atoms with Gasteiger partial charge in [0.1, 0.15) is 0 Å². The summed E-state index contributed by atoms with van der Waals surface area (Å²) in [6, 6.07) is 10.6. The molecule has 0 unspecified atom stereocenters. The third-order valence-electron chi connectivity index (χ3n) is 3.14. The van der Waals surface area contributed by atoms with Crippen LogP contribution in [0.5, 0.6) is 0 Å². The zero-order valence-electron chi connectivity index (χ0n) is 9.08. The van der Waals surface area contributed by atoms with E-state index in [4.69, 9.17) is 0 Å². The lowest BCUT2D eigenvalue weighted by Crippen LogP contribution is -2.06. The Morgan fingerprint density at radius 2 is 1.56 bits per heavy atom. The molecule has 2 atom stereocenters. The maximum atomic E-state index is 2.36. The Hall–Kier alpha value is -1.82. The van der Waals surface area contributed by atoms with Crippen LogP contribution in [0.4, 0.5) is 0 Å². The molecule has 0 fully saturated rings. The predicted octanol–water partition coefficient (Wildman–Crippen LogP) is 4.00. The quantitative estimate of drug-likeness (QED) is 0.609. The molecule has 0 aliphatic heterocycles. The van der Waals surface area contributed by atoms with Crippen LogP contribution < -0.4 is 0 Å². The standard InChI is InChI=1S/C16H14/c1-2-7-14(8-3-1)16-12-13-6-4-5-9-15(16)11-10-13/h1-13,15H/b6-4-,9-5-/t13-,15+/m0/s1. The Morgan fingerprint density at radius 3 is 2.44 bits per heavy atom. The first kappa shape index (κ1) is 9.41. The van der Waals surface area contributed by atoms with Crippen molar-refractivity contribution >= 4 is 5.57 Å². The highest BCUT2D eigenvalue weighted by Crippen LogP contribution is 2.33. The van der Waals surface area contributed by atoms with Gasteiger partial charge in [0.05, 0.1) is 0 Å². The van der Waals surface area contributed by atoms with Crippen LogP contribution in [0.2, 0.25) is 0 Å². The molecule has 3 aliphatic carbocycles. The molecular formula is C16H14. The smallest absolute Gasteiger partial charge is 0.0205 e. The Kier molecular flexibility index (Phi) is 2.34. The van der Waals surface area contributed by atoms with Crippen LogP contribution in [0, 0.1) is 11.8 Å². The molecule has 4 rings (SSSR count). The lowest BCUT2D eigenvalue weighted by atomic mass is 9.83. The largest absolute Gasteiger partial charge is 0.0769 e. The average molecular weight is 206 g/mol. The summed E-state index contributed by atoms with van der Waals surface area (Å²) in [5.74, 6) is 0.889.